The van der Waals surface area contributed by atoms with E-state index in [1.54, 1.807) is 9.80 Å². The highest BCUT2D eigenvalue weighted by Gasteiger charge is 2.59. The summed E-state index contributed by atoms with van der Waals surface area (Å²) in [4.78, 5) is 42.9. The molecule has 0 spiro atoms. The third-order valence-electron chi connectivity index (χ3n) is 5.55. The number of rotatable bonds is 3. The number of urea groups is 1. The summed E-state index contributed by atoms with van der Waals surface area (Å²) in [5, 5.41) is 0. The molecule has 3 saturated heterocycles. The van der Waals surface area contributed by atoms with Gasteiger partial charge >= 0.3 is 6.03 Å². The van der Waals surface area contributed by atoms with Crippen LogP contribution in [0.25, 0.3) is 0 Å². The van der Waals surface area contributed by atoms with E-state index >= 15 is 0 Å². The maximum atomic E-state index is 12.8. The van der Waals surface area contributed by atoms with Crippen molar-refractivity contribution in [1.29, 1.82) is 0 Å². The monoisotopic (exact) mass is 327 g/mol. The fourth-order valence-corrected chi connectivity index (χ4v) is 4.17. The molecule has 1 aromatic rings. The summed E-state index contributed by atoms with van der Waals surface area (Å²) in [6, 6.07) is 8.84. The fraction of sp³-hybridized carbons (Fsp3) is 0.500. The quantitative estimate of drug-likeness (QED) is 0.792. The van der Waals surface area contributed by atoms with E-state index in [2.05, 4.69) is 0 Å². The second-order valence-corrected chi connectivity index (χ2v) is 7.04. The van der Waals surface area contributed by atoms with Crippen LogP contribution in [0.5, 0.6) is 0 Å². The molecule has 3 aliphatic rings. The number of carbonyl (C=O) groups is 3. The van der Waals surface area contributed by atoms with Crippen molar-refractivity contribution in [3.05, 3.63) is 35.9 Å². The molecular weight excluding hydrogens is 306 g/mol. The van der Waals surface area contributed by atoms with Gasteiger partial charge in [0.25, 0.3) is 5.91 Å². The Labute approximate surface area is 141 Å². The summed E-state index contributed by atoms with van der Waals surface area (Å²) in [5.41, 5.74) is 0.308. The molecule has 4 rings (SSSR count). The molecule has 0 radical (unpaired) electrons. The highest BCUT2D eigenvalue weighted by Crippen LogP contribution is 2.39. The van der Waals surface area contributed by atoms with Crippen LogP contribution in [0.1, 0.15) is 31.7 Å². The van der Waals surface area contributed by atoms with E-state index in [4.69, 9.17) is 0 Å². The molecule has 0 bridgehead atoms. The molecule has 2 atom stereocenters. The van der Waals surface area contributed by atoms with Gasteiger partial charge in [-0.25, -0.2) is 9.69 Å². The normalized spacial score (nSPS) is 29.8. The lowest BCUT2D eigenvalue weighted by atomic mass is 9.99. The van der Waals surface area contributed by atoms with Gasteiger partial charge in [-0.15, -0.1) is 0 Å². The smallest absolute Gasteiger partial charge is 0.328 e. The number of hydrogen-bond donors (Lipinski definition) is 0. The Hall–Kier alpha value is -2.37. The Morgan fingerprint density at radius 3 is 2.58 bits per heavy atom. The maximum Gasteiger partial charge on any atom is 0.328 e. The summed E-state index contributed by atoms with van der Waals surface area (Å²) < 4.78 is 0. The van der Waals surface area contributed by atoms with Crippen molar-refractivity contribution in [3.8, 4) is 0 Å². The predicted molar refractivity (Wildman–Crippen MR) is 86.9 cm³/mol. The van der Waals surface area contributed by atoms with Gasteiger partial charge in [0, 0.05) is 19.6 Å². The number of nitrogens with zero attached hydrogens (tertiary/aromatic N) is 3. The van der Waals surface area contributed by atoms with Gasteiger partial charge in [0.15, 0.2) is 0 Å². The molecule has 1 aromatic carbocycles. The summed E-state index contributed by atoms with van der Waals surface area (Å²) in [7, 11) is 0. The van der Waals surface area contributed by atoms with Crippen LogP contribution in [0.3, 0.4) is 0 Å². The lowest BCUT2D eigenvalue weighted by Crippen LogP contribution is -2.47. The van der Waals surface area contributed by atoms with E-state index in [-0.39, 0.29) is 17.8 Å². The summed E-state index contributed by atoms with van der Waals surface area (Å²) in [6.45, 7) is 3.52. The maximum absolute atomic E-state index is 12.8. The molecule has 3 aliphatic heterocycles. The summed E-state index contributed by atoms with van der Waals surface area (Å²) in [6.07, 6.45) is 2.05. The van der Waals surface area contributed by atoms with Crippen molar-refractivity contribution in [2.75, 3.05) is 13.1 Å². The van der Waals surface area contributed by atoms with Crippen molar-refractivity contribution in [1.82, 2.24) is 14.7 Å². The zero-order valence-electron chi connectivity index (χ0n) is 13.8. The molecule has 6 nitrogen and oxygen atoms in total. The van der Waals surface area contributed by atoms with Gasteiger partial charge in [0.1, 0.15) is 11.6 Å². The molecular formula is C18H21N3O3. The Kier molecular flexibility index (Phi) is 3.37. The standard InChI is InChI=1S/C18H21N3O3/c1-18-9-5-10-20(18)17(24)21(16(18)23)14-8-11-19(15(14)22)12-13-6-3-2-4-7-13/h2-4,6-7,14H,5,8-12H2,1H3/t14-,18-/m1/s1. The minimum absolute atomic E-state index is 0.120. The third-order valence-corrected chi connectivity index (χ3v) is 5.55. The third kappa shape index (κ3) is 2.05. The summed E-state index contributed by atoms with van der Waals surface area (Å²) in [5.74, 6) is -0.324. The highest BCUT2D eigenvalue weighted by atomic mass is 16.2. The Morgan fingerprint density at radius 1 is 1.12 bits per heavy atom. The number of imide groups is 1. The number of hydrogen-bond acceptors (Lipinski definition) is 3. The van der Waals surface area contributed by atoms with Gasteiger partial charge < -0.3 is 9.80 Å². The van der Waals surface area contributed by atoms with Gasteiger partial charge in [0.2, 0.25) is 5.91 Å². The number of carbonyl (C=O) groups excluding carboxylic acids is 3. The van der Waals surface area contributed by atoms with Crippen LogP contribution in [0, 0.1) is 0 Å². The van der Waals surface area contributed by atoms with E-state index < -0.39 is 11.6 Å². The molecule has 0 saturated carbocycles. The van der Waals surface area contributed by atoms with Crippen LogP contribution < -0.4 is 0 Å². The Morgan fingerprint density at radius 2 is 1.88 bits per heavy atom. The Bertz CT molecular complexity index is 705. The number of benzene rings is 1. The second kappa shape index (κ2) is 5.33. The van der Waals surface area contributed by atoms with E-state index in [9.17, 15) is 14.4 Å². The van der Waals surface area contributed by atoms with Crippen molar-refractivity contribution in [2.45, 2.75) is 44.3 Å². The average molecular weight is 327 g/mol. The molecule has 0 unspecified atom stereocenters. The molecule has 3 heterocycles. The molecule has 6 heteroatoms. The number of amides is 4. The van der Waals surface area contributed by atoms with Gasteiger partial charge in [-0.1, -0.05) is 30.3 Å². The zero-order valence-corrected chi connectivity index (χ0v) is 13.8. The minimum Gasteiger partial charge on any atom is -0.336 e. The lowest BCUT2D eigenvalue weighted by Gasteiger charge is -2.23. The van der Waals surface area contributed by atoms with Gasteiger partial charge in [-0.3, -0.25) is 9.59 Å². The van der Waals surface area contributed by atoms with E-state index in [1.165, 1.54) is 4.90 Å². The van der Waals surface area contributed by atoms with Crippen LogP contribution in [-0.2, 0) is 16.1 Å². The number of fused-ring (bicyclic) bond motifs is 1. The highest BCUT2D eigenvalue weighted by molar-refractivity contribution is 6.10. The van der Waals surface area contributed by atoms with Crippen molar-refractivity contribution >= 4 is 17.8 Å². The van der Waals surface area contributed by atoms with Crippen molar-refractivity contribution < 1.29 is 14.4 Å². The first kappa shape index (κ1) is 15.2. The second-order valence-electron chi connectivity index (χ2n) is 7.04. The first-order valence-electron chi connectivity index (χ1n) is 8.50. The molecule has 0 aliphatic carbocycles. The van der Waals surface area contributed by atoms with Crippen LogP contribution >= 0.6 is 0 Å². The lowest BCUT2D eigenvalue weighted by molar-refractivity contribution is -0.140. The van der Waals surface area contributed by atoms with Crippen LogP contribution in [0.15, 0.2) is 30.3 Å². The average Bonchev–Trinajstić information content (AvgIpc) is 3.18. The first-order chi connectivity index (χ1) is 11.5. The zero-order chi connectivity index (χ0) is 16.9. The van der Waals surface area contributed by atoms with Crippen LogP contribution in [0.4, 0.5) is 4.79 Å². The van der Waals surface area contributed by atoms with E-state index in [0.29, 0.717) is 32.5 Å². The van der Waals surface area contributed by atoms with Crippen LogP contribution in [0.2, 0.25) is 0 Å². The largest absolute Gasteiger partial charge is 0.336 e. The molecule has 24 heavy (non-hydrogen) atoms. The SMILES string of the molecule is C[C@]12CCCN1C(=O)N([C@@H]1CCN(Cc3ccccc3)C1=O)C2=O. The molecule has 0 N–H and O–H groups in total. The van der Waals surface area contributed by atoms with Crippen LogP contribution in [-0.4, -0.2) is 57.2 Å². The molecule has 4 amide bonds. The molecule has 3 fully saturated rings. The first-order valence-corrected chi connectivity index (χ1v) is 8.50. The fourth-order valence-electron chi connectivity index (χ4n) is 4.17. The van der Waals surface area contributed by atoms with Gasteiger partial charge in [0.05, 0.1) is 0 Å². The molecule has 126 valence electrons. The van der Waals surface area contributed by atoms with Crippen molar-refractivity contribution in [2.24, 2.45) is 0 Å². The van der Waals surface area contributed by atoms with Crippen molar-refractivity contribution in [3.63, 3.8) is 0 Å². The predicted octanol–water partition coefficient (Wildman–Crippen LogP) is 1.60. The van der Waals surface area contributed by atoms with Gasteiger partial charge in [-0.2, -0.15) is 0 Å². The van der Waals surface area contributed by atoms with E-state index in [0.717, 1.165) is 12.0 Å². The Balaban J connectivity index is 1.53. The number of likely N-dealkylation sites (tertiary alicyclic amines) is 1. The summed E-state index contributed by atoms with van der Waals surface area (Å²) >= 11 is 0. The van der Waals surface area contributed by atoms with Gasteiger partial charge in [-0.05, 0) is 31.7 Å². The van der Waals surface area contributed by atoms with E-state index in [1.807, 2.05) is 37.3 Å². The molecule has 0 aromatic heterocycles. The minimum atomic E-state index is -0.746. The topological polar surface area (TPSA) is 60.9 Å².